The second-order valence-corrected chi connectivity index (χ2v) is 9.66. The van der Waals surface area contributed by atoms with Gasteiger partial charge in [0.2, 0.25) is 5.91 Å². The molecule has 170 valence electrons. The lowest BCUT2D eigenvalue weighted by atomic mass is 9.87. The van der Waals surface area contributed by atoms with E-state index in [0.717, 1.165) is 45.9 Å². The van der Waals surface area contributed by atoms with E-state index in [-0.39, 0.29) is 18.3 Å². The van der Waals surface area contributed by atoms with E-state index in [9.17, 15) is 4.79 Å². The summed E-state index contributed by atoms with van der Waals surface area (Å²) in [6.45, 7) is 3.86. The number of aromatic nitrogens is 1. The Hall–Kier alpha value is -2.89. The molecule has 1 atom stereocenters. The zero-order chi connectivity index (χ0) is 22.2. The van der Waals surface area contributed by atoms with Gasteiger partial charge in [0.25, 0.3) is 0 Å². The number of pyridine rings is 1. The van der Waals surface area contributed by atoms with E-state index in [1.54, 1.807) is 7.11 Å². The van der Waals surface area contributed by atoms with Crippen molar-refractivity contribution >= 4 is 45.6 Å². The summed E-state index contributed by atoms with van der Waals surface area (Å²) in [5.41, 5.74) is 6.54. The highest BCUT2D eigenvalue weighted by Crippen LogP contribution is 2.43. The van der Waals surface area contributed by atoms with Crippen molar-refractivity contribution in [2.45, 2.75) is 33.1 Å². The number of carbonyl (C=O) groups excluding carboxylic acids is 1. The van der Waals surface area contributed by atoms with Gasteiger partial charge in [-0.15, -0.1) is 23.7 Å². The van der Waals surface area contributed by atoms with Crippen molar-refractivity contribution in [3.63, 3.8) is 0 Å². The van der Waals surface area contributed by atoms with Crippen molar-refractivity contribution in [2.24, 2.45) is 5.92 Å². The number of carbonyl (C=O) groups is 1. The molecule has 1 unspecified atom stereocenters. The minimum absolute atomic E-state index is 0. The van der Waals surface area contributed by atoms with Crippen LogP contribution in [-0.2, 0) is 17.6 Å². The van der Waals surface area contributed by atoms with Crippen molar-refractivity contribution in [1.29, 1.82) is 0 Å². The van der Waals surface area contributed by atoms with Crippen LogP contribution < -0.4 is 10.1 Å². The zero-order valence-electron chi connectivity index (χ0n) is 19.0. The van der Waals surface area contributed by atoms with Gasteiger partial charge in [-0.2, -0.15) is 0 Å². The van der Waals surface area contributed by atoms with Gasteiger partial charge in [0.05, 0.1) is 12.8 Å². The minimum Gasteiger partial charge on any atom is -0.497 e. The van der Waals surface area contributed by atoms with Crippen LogP contribution in [-0.4, -0.2) is 18.0 Å². The van der Waals surface area contributed by atoms with Gasteiger partial charge in [0.1, 0.15) is 10.6 Å². The van der Waals surface area contributed by atoms with Crippen LogP contribution in [0.25, 0.3) is 32.6 Å². The lowest BCUT2D eigenvalue weighted by Crippen LogP contribution is -2.08. The second-order valence-electron chi connectivity index (χ2n) is 8.58. The predicted octanol–water partition coefficient (Wildman–Crippen LogP) is 7.14. The van der Waals surface area contributed by atoms with Crippen LogP contribution in [0, 0.1) is 5.92 Å². The molecule has 0 fully saturated rings. The van der Waals surface area contributed by atoms with Crippen LogP contribution in [0.3, 0.4) is 0 Å². The molecule has 2 aromatic heterocycles. The Balaban J connectivity index is 0.00000259. The molecular weight excluding hydrogens is 452 g/mol. The van der Waals surface area contributed by atoms with Crippen molar-refractivity contribution in [3.05, 3.63) is 65.0 Å². The summed E-state index contributed by atoms with van der Waals surface area (Å²) in [4.78, 5) is 19.2. The highest BCUT2D eigenvalue weighted by Gasteiger charge is 2.24. The average molecular weight is 479 g/mol. The summed E-state index contributed by atoms with van der Waals surface area (Å²) in [5, 5.41) is 4.17. The topological polar surface area (TPSA) is 51.2 Å². The number of halogens is 1. The van der Waals surface area contributed by atoms with Crippen molar-refractivity contribution in [3.8, 4) is 28.1 Å². The molecule has 2 aromatic carbocycles. The molecule has 6 heteroatoms. The third kappa shape index (κ3) is 4.61. The first-order valence-electron chi connectivity index (χ1n) is 11.0. The molecule has 0 aliphatic heterocycles. The maximum Gasteiger partial charge on any atom is 0.221 e. The van der Waals surface area contributed by atoms with Gasteiger partial charge in [0, 0.05) is 28.4 Å². The number of methoxy groups -OCH3 is 1. The molecule has 0 saturated carbocycles. The van der Waals surface area contributed by atoms with E-state index in [1.807, 2.05) is 47.7 Å². The Kier molecular flexibility index (Phi) is 6.73. The molecule has 0 saturated heterocycles. The Labute approximate surface area is 204 Å². The third-order valence-corrected chi connectivity index (χ3v) is 7.29. The molecule has 0 radical (unpaired) electrons. The molecule has 33 heavy (non-hydrogen) atoms. The molecule has 2 heterocycles. The van der Waals surface area contributed by atoms with Gasteiger partial charge in [-0.3, -0.25) is 4.79 Å². The first-order chi connectivity index (χ1) is 15.5. The summed E-state index contributed by atoms with van der Waals surface area (Å²) >= 11 is 1.84. The lowest BCUT2D eigenvalue weighted by Gasteiger charge is -2.18. The van der Waals surface area contributed by atoms with Crippen LogP contribution in [0.5, 0.6) is 5.75 Å². The van der Waals surface area contributed by atoms with Crippen LogP contribution >= 0.6 is 23.7 Å². The van der Waals surface area contributed by atoms with E-state index in [4.69, 9.17) is 9.72 Å². The van der Waals surface area contributed by atoms with Crippen LogP contribution in [0.1, 0.15) is 30.7 Å². The number of thiophene rings is 1. The number of rotatable bonds is 4. The molecule has 1 aliphatic carbocycles. The van der Waals surface area contributed by atoms with E-state index in [1.165, 1.54) is 34.7 Å². The Morgan fingerprint density at radius 3 is 2.64 bits per heavy atom. The summed E-state index contributed by atoms with van der Waals surface area (Å²) < 4.78 is 5.37. The largest absolute Gasteiger partial charge is 0.497 e. The predicted molar refractivity (Wildman–Crippen MR) is 140 cm³/mol. The number of amides is 1. The van der Waals surface area contributed by atoms with Gasteiger partial charge < -0.3 is 10.1 Å². The molecule has 0 spiro atoms. The van der Waals surface area contributed by atoms with Crippen LogP contribution in [0.2, 0.25) is 0 Å². The molecule has 1 N–H and O–H groups in total. The fraction of sp³-hybridized carbons (Fsp3) is 0.259. The van der Waals surface area contributed by atoms with Crippen molar-refractivity contribution < 1.29 is 9.53 Å². The molecule has 1 amide bonds. The van der Waals surface area contributed by atoms with Crippen molar-refractivity contribution in [1.82, 2.24) is 4.98 Å². The first kappa shape index (κ1) is 23.3. The Bertz CT molecular complexity index is 1310. The maximum atomic E-state index is 11.5. The monoisotopic (exact) mass is 478 g/mol. The minimum atomic E-state index is -0.0791. The maximum absolute atomic E-state index is 11.5. The third-order valence-electron chi connectivity index (χ3n) is 6.15. The van der Waals surface area contributed by atoms with E-state index >= 15 is 0 Å². The normalized spacial score (nSPS) is 14.9. The molecule has 5 rings (SSSR count). The molecule has 1 aliphatic rings. The highest BCUT2D eigenvalue weighted by molar-refractivity contribution is 7.19. The highest BCUT2D eigenvalue weighted by atomic mass is 35.5. The summed E-state index contributed by atoms with van der Waals surface area (Å²) in [7, 11) is 1.69. The van der Waals surface area contributed by atoms with Gasteiger partial charge in [-0.05, 0) is 72.2 Å². The zero-order valence-corrected chi connectivity index (χ0v) is 20.6. The first-order valence-corrected chi connectivity index (χ1v) is 11.8. The van der Waals surface area contributed by atoms with Gasteiger partial charge in [-0.25, -0.2) is 4.98 Å². The smallest absolute Gasteiger partial charge is 0.221 e. The number of nitrogens with zero attached hydrogens (tertiary/aromatic N) is 1. The number of nitrogens with one attached hydrogen (secondary N) is 1. The van der Waals surface area contributed by atoms with E-state index in [2.05, 4.69) is 30.4 Å². The van der Waals surface area contributed by atoms with Gasteiger partial charge in [-0.1, -0.05) is 31.2 Å². The average Bonchev–Trinajstić information content (AvgIpc) is 3.15. The quantitative estimate of drug-likeness (QED) is 0.339. The van der Waals surface area contributed by atoms with E-state index < -0.39 is 0 Å². The van der Waals surface area contributed by atoms with E-state index in [0.29, 0.717) is 5.92 Å². The SMILES string of the molecule is COc1ccc(-c2cc(-c3cccc(NC(C)=O)c3)nc3sc4c(c23)CCC(C)C4)cc1.Cl. The Morgan fingerprint density at radius 1 is 1.12 bits per heavy atom. The fourth-order valence-electron chi connectivity index (χ4n) is 4.55. The number of benzene rings is 2. The molecular formula is C27H27ClN2O2S. The van der Waals surface area contributed by atoms with Gasteiger partial charge >= 0.3 is 0 Å². The van der Waals surface area contributed by atoms with Gasteiger partial charge in [0.15, 0.2) is 0 Å². The number of aryl methyl sites for hydroxylation is 1. The molecule has 4 aromatic rings. The standard InChI is InChI=1S/C27H26N2O2S.ClH/c1-16-7-12-22-25(13-16)32-27-26(22)23(18-8-10-21(31-3)11-9-18)15-24(29-27)19-5-4-6-20(14-19)28-17(2)30;/h4-6,8-11,14-16H,7,12-13H2,1-3H3,(H,28,30);1H. The van der Waals surface area contributed by atoms with Crippen molar-refractivity contribution in [2.75, 3.05) is 12.4 Å². The number of anilines is 1. The number of hydrogen-bond acceptors (Lipinski definition) is 4. The van der Waals surface area contributed by atoms with Crippen LogP contribution in [0.15, 0.2) is 54.6 Å². The van der Waals surface area contributed by atoms with Crippen LogP contribution in [0.4, 0.5) is 5.69 Å². The molecule has 0 bridgehead atoms. The number of ether oxygens (including phenoxy) is 1. The lowest BCUT2D eigenvalue weighted by molar-refractivity contribution is -0.114. The summed E-state index contributed by atoms with van der Waals surface area (Å²) in [5.74, 6) is 1.49. The number of hydrogen-bond donors (Lipinski definition) is 1. The molecule has 4 nitrogen and oxygen atoms in total. The summed E-state index contributed by atoms with van der Waals surface area (Å²) in [6, 6.07) is 18.4. The second kappa shape index (κ2) is 9.54. The summed E-state index contributed by atoms with van der Waals surface area (Å²) in [6.07, 6.45) is 3.46. The Morgan fingerprint density at radius 2 is 1.91 bits per heavy atom. The fourth-order valence-corrected chi connectivity index (χ4v) is 5.96. The number of fused-ring (bicyclic) bond motifs is 3.